The Balaban J connectivity index is 2.00. The molecule has 4 heteroatoms. The van der Waals surface area contributed by atoms with Gasteiger partial charge in [0.25, 0.3) is 0 Å². The molecule has 0 radical (unpaired) electrons. The van der Waals surface area contributed by atoms with Gasteiger partial charge in [-0.3, -0.25) is 4.99 Å². The van der Waals surface area contributed by atoms with Gasteiger partial charge in [-0.2, -0.15) is 5.26 Å². The normalized spacial score (nSPS) is 11.2. The molecule has 0 unspecified atom stereocenters. The summed E-state index contributed by atoms with van der Waals surface area (Å²) in [4.78, 5) is 4.25. The third-order valence-electron chi connectivity index (χ3n) is 2.57. The summed E-state index contributed by atoms with van der Waals surface area (Å²) in [5, 5.41) is 8.81. The molecule has 0 bridgehead atoms. The van der Waals surface area contributed by atoms with E-state index in [0.29, 0.717) is 17.9 Å². The second-order valence-corrected chi connectivity index (χ2v) is 3.78. The van der Waals surface area contributed by atoms with E-state index >= 15 is 0 Å². The van der Waals surface area contributed by atoms with Gasteiger partial charge in [-0.25, -0.2) is 0 Å². The highest BCUT2D eigenvalue weighted by molar-refractivity contribution is 5.99. The van der Waals surface area contributed by atoms with E-state index in [9.17, 15) is 0 Å². The fraction of sp³-hybridized carbons (Fsp3) is 0.143. The van der Waals surface area contributed by atoms with Crippen LogP contribution in [-0.2, 0) is 6.42 Å². The molecule has 0 fully saturated rings. The summed E-state index contributed by atoms with van der Waals surface area (Å²) in [6.45, 7) is 0.589. The van der Waals surface area contributed by atoms with E-state index < -0.39 is 0 Å². The van der Waals surface area contributed by atoms with Crippen molar-refractivity contribution in [2.45, 2.75) is 6.42 Å². The minimum absolute atomic E-state index is 0.205. The average Bonchev–Trinajstić information content (AvgIpc) is 2.88. The lowest BCUT2D eigenvalue weighted by molar-refractivity contribution is 0.552. The number of hydrogen-bond acceptors (Lipinski definition) is 3. The SMILES string of the molecule is N#Cc1occc1C(N)=NCCc1ccccc1. The molecule has 2 rings (SSSR count). The van der Waals surface area contributed by atoms with Gasteiger partial charge in [-0.15, -0.1) is 0 Å². The van der Waals surface area contributed by atoms with E-state index in [1.165, 1.54) is 11.8 Å². The maximum absolute atomic E-state index is 8.81. The summed E-state index contributed by atoms with van der Waals surface area (Å²) in [7, 11) is 0. The summed E-state index contributed by atoms with van der Waals surface area (Å²) in [5.41, 5.74) is 7.59. The van der Waals surface area contributed by atoms with Gasteiger partial charge in [0.15, 0.2) is 0 Å². The third-order valence-corrected chi connectivity index (χ3v) is 2.57. The number of nitriles is 1. The van der Waals surface area contributed by atoms with Crippen molar-refractivity contribution in [3.63, 3.8) is 0 Å². The van der Waals surface area contributed by atoms with E-state index in [1.54, 1.807) is 6.07 Å². The highest BCUT2D eigenvalue weighted by Gasteiger charge is 2.08. The third kappa shape index (κ3) is 2.77. The molecular weight excluding hydrogens is 226 g/mol. The van der Waals surface area contributed by atoms with Crippen molar-refractivity contribution in [2.75, 3.05) is 6.54 Å². The van der Waals surface area contributed by atoms with Gasteiger partial charge in [-0.1, -0.05) is 30.3 Å². The second kappa shape index (κ2) is 5.69. The Hall–Kier alpha value is -2.54. The monoisotopic (exact) mass is 239 g/mol. The van der Waals surface area contributed by atoms with Crippen molar-refractivity contribution >= 4 is 5.84 Å². The van der Waals surface area contributed by atoms with Gasteiger partial charge >= 0.3 is 0 Å². The molecule has 0 aliphatic rings. The lowest BCUT2D eigenvalue weighted by atomic mass is 10.1. The lowest BCUT2D eigenvalue weighted by Gasteiger charge is -1.99. The Morgan fingerprint density at radius 2 is 2.06 bits per heavy atom. The van der Waals surface area contributed by atoms with Crippen LogP contribution in [0, 0.1) is 11.3 Å². The van der Waals surface area contributed by atoms with Gasteiger partial charge in [0.2, 0.25) is 5.76 Å². The fourth-order valence-corrected chi connectivity index (χ4v) is 1.63. The van der Waals surface area contributed by atoms with Crippen LogP contribution in [0.3, 0.4) is 0 Å². The molecule has 0 saturated heterocycles. The van der Waals surface area contributed by atoms with Crippen LogP contribution in [0.5, 0.6) is 0 Å². The van der Waals surface area contributed by atoms with Crippen molar-refractivity contribution < 1.29 is 4.42 Å². The molecule has 0 aliphatic carbocycles. The second-order valence-electron chi connectivity index (χ2n) is 3.78. The van der Waals surface area contributed by atoms with E-state index in [4.69, 9.17) is 15.4 Å². The minimum Gasteiger partial charge on any atom is -0.453 e. The van der Waals surface area contributed by atoms with Crippen molar-refractivity contribution in [3.8, 4) is 6.07 Å². The van der Waals surface area contributed by atoms with E-state index in [-0.39, 0.29) is 5.76 Å². The number of furan rings is 1. The minimum atomic E-state index is 0.205. The van der Waals surface area contributed by atoms with Crippen LogP contribution in [0.2, 0.25) is 0 Å². The predicted octanol–water partition coefficient (Wildman–Crippen LogP) is 2.10. The molecule has 4 nitrogen and oxygen atoms in total. The Bertz CT molecular complexity index is 579. The van der Waals surface area contributed by atoms with Crippen LogP contribution in [0.4, 0.5) is 0 Å². The van der Waals surface area contributed by atoms with Gasteiger partial charge < -0.3 is 10.2 Å². The summed E-state index contributed by atoms with van der Waals surface area (Å²) in [6, 6.07) is 13.6. The quantitative estimate of drug-likeness (QED) is 0.655. The van der Waals surface area contributed by atoms with E-state index in [0.717, 1.165) is 6.42 Å². The van der Waals surface area contributed by atoms with Crippen LogP contribution in [0.15, 0.2) is 52.1 Å². The Morgan fingerprint density at radius 1 is 1.28 bits per heavy atom. The highest BCUT2D eigenvalue weighted by Crippen LogP contribution is 2.08. The first-order chi connectivity index (χ1) is 8.81. The topological polar surface area (TPSA) is 75.3 Å². The highest BCUT2D eigenvalue weighted by atomic mass is 16.3. The largest absolute Gasteiger partial charge is 0.453 e. The smallest absolute Gasteiger partial charge is 0.214 e. The molecule has 0 saturated carbocycles. The standard InChI is InChI=1S/C14H13N3O/c15-10-13-12(7-9-18-13)14(16)17-8-6-11-4-2-1-3-5-11/h1-5,7,9H,6,8H2,(H2,16,17). The molecule has 0 atom stereocenters. The van der Waals surface area contributed by atoms with Gasteiger partial charge in [0.05, 0.1) is 11.8 Å². The molecule has 0 amide bonds. The predicted molar refractivity (Wildman–Crippen MR) is 69.2 cm³/mol. The molecule has 18 heavy (non-hydrogen) atoms. The molecule has 2 N–H and O–H groups in total. The van der Waals surface area contributed by atoms with Crippen LogP contribution < -0.4 is 5.73 Å². The number of aliphatic imine (C=N–C) groups is 1. The summed E-state index contributed by atoms with van der Waals surface area (Å²) >= 11 is 0. The summed E-state index contributed by atoms with van der Waals surface area (Å²) < 4.78 is 4.98. The molecule has 2 aromatic rings. The molecular formula is C14H13N3O. The zero-order valence-electron chi connectivity index (χ0n) is 9.84. The number of hydrogen-bond donors (Lipinski definition) is 1. The fourth-order valence-electron chi connectivity index (χ4n) is 1.63. The Kier molecular flexibility index (Phi) is 3.77. The van der Waals surface area contributed by atoms with Crippen molar-refractivity contribution in [1.82, 2.24) is 0 Å². The summed E-state index contributed by atoms with van der Waals surface area (Å²) in [6.07, 6.45) is 2.26. The van der Waals surface area contributed by atoms with E-state index in [1.807, 2.05) is 36.4 Å². The lowest BCUT2D eigenvalue weighted by Crippen LogP contribution is -2.14. The van der Waals surface area contributed by atoms with Crippen molar-refractivity contribution in [2.24, 2.45) is 10.7 Å². The number of nitrogens with zero attached hydrogens (tertiary/aromatic N) is 2. The maximum atomic E-state index is 8.81. The zero-order valence-corrected chi connectivity index (χ0v) is 9.84. The molecule has 0 aliphatic heterocycles. The van der Waals surface area contributed by atoms with Crippen molar-refractivity contribution in [3.05, 3.63) is 59.5 Å². The first kappa shape index (κ1) is 11.9. The van der Waals surface area contributed by atoms with Crippen LogP contribution in [0.25, 0.3) is 0 Å². The number of amidine groups is 1. The number of nitrogens with two attached hydrogens (primary N) is 1. The average molecular weight is 239 g/mol. The Labute approximate surface area is 105 Å². The molecule has 0 spiro atoms. The maximum Gasteiger partial charge on any atom is 0.214 e. The summed E-state index contributed by atoms with van der Waals surface area (Å²) in [5.74, 6) is 0.548. The number of benzene rings is 1. The molecule has 1 aromatic heterocycles. The Morgan fingerprint density at radius 3 is 2.78 bits per heavy atom. The van der Waals surface area contributed by atoms with Gasteiger partial charge in [-0.05, 0) is 18.1 Å². The van der Waals surface area contributed by atoms with Crippen LogP contribution in [0.1, 0.15) is 16.9 Å². The molecule has 1 aromatic carbocycles. The van der Waals surface area contributed by atoms with Gasteiger partial charge in [0.1, 0.15) is 11.9 Å². The molecule has 90 valence electrons. The zero-order chi connectivity index (χ0) is 12.8. The van der Waals surface area contributed by atoms with Crippen LogP contribution in [-0.4, -0.2) is 12.4 Å². The van der Waals surface area contributed by atoms with Crippen molar-refractivity contribution in [1.29, 1.82) is 5.26 Å². The van der Waals surface area contributed by atoms with Crippen LogP contribution >= 0.6 is 0 Å². The van der Waals surface area contributed by atoms with E-state index in [2.05, 4.69) is 4.99 Å². The molecule has 1 heterocycles. The first-order valence-electron chi connectivity index (χ1n) is 5.63. The van der Waals surface area contributed by atoms with Gasteiger partial charge in [0, 0.05) is 6.54 Å². The number of rotatable bonds is 4. The first-order valence-corrected chi connectivity index (χ1v) is 5.63.